The first-order valence-corrected chi connectivity index (χ1v) is 21.1. The minimum atomic E-state index is -3.95. The van der Waals surface area contributed by atoms with Crippen molar-refractivity contribution in [3.8, 4) is 33.8 Å². The van der Waals surface area contributed by atoms with Crippen molar-refractivity contribution < 1.29 is 46.6 Å². The fourth-order valence-corrected chi connectivity index (χ4v) is 8.39. The zero-order valence-corrected chi connectivity index (χ0v) is 35.2. The Morgan fingerprint density at radius 3 is 1.60 bits per heavy atom. The number of non-ortho nitro benzene ring substituents is 2. The topological polar surface area (TPSA) is 209 Å². The summed E-state index contributed by atoms with van der Waals surface area (Å²) in [4.78, 5) is 49.4. The third kappa shape index (κ3) is 10.6. The van der Waals surface area contributed by atoms with Gasteiger partial charge in [0, 0.05) is 61.3 Å². The molecule has 2 saturated heterocycles. The van der Waals surface area contributed by atoms with Crippen LogP contribution in [0.3, 0.4) is 0 Å². The molecule has 0 saturated carbocycles. The van der Waals surface area contributed by atoms with Crippen LogP contribution in [0.2, 0.25) is 0 Å². The molecule has 2 heterocycles. The predicted octanol–water partition coefficient (Wildman–Crippen LogP) is 7.23. The molecule has 5 aromatic rings. The summed E-state index contributed by atoms with van der Waals surface area (Å²) in [5, 5.41) is 31.7. The molecule has 2 aliphatic heterocycles. The molecular formula is C45H46N4O12S. The van der Waals surface area contributed by atoms with Gasteiger partial charge in [-0.2, -0.15) is 8.42 Å². The number of hydrogen-bond donors (Lipinski definition) is 1. The number of ether oxygens (including phenoxy) is 2. The lowest BCUT2D eigenvalue weighted by atomic mass is 10.0. The number of rotatable bonds is 15. The highest BCUT2D eigenvalue weighted by molar-refractivity contribution is 7.86. The van der Waals surface area contributed by atoms with Crippen molar-refractivity contribution in [2.24, 2.45) is 0 Å². The van der Waals surface area contributed by atoms with Crippen molar-refractivity contribution in [2.75, 3.05) is 27.4 Å². The van der Waals surface area contributed by atoms with Gasteiger partial charge in [-0.3, -0.25) is 34.0 Å². The van der Waals surface area contributed by atoms with Crippen LogP contribution in [-0.2, 0) is 37.0 Å². The van der Waals surface area contributed by atoms with Crippen LogP contribution in [0.15, 0.2) is 114 Å². The summed E-state index contributed by atoms with van der Waals surface area (Å²) < 4.78 is 41.4. The summed E-state index contributed by atoms with van der Waals surface area (Å²) in [7, 11) is -0.892. The summed E-state index contributed by atoms with van der Waals surface area (Å²) >= 11 is 0. The molecule has 0 bridgehead atoms. The van der Waals surface area contributed by atoms with Gasteiger partial charge in [0.15, 0.2) is 0 Å². The lowest BCUT2D eigenvalue weighted by molar-refractivity contribution is -0.385. The molecule has 0 unspecified atom stereocenters. The molecule has 0 spiro atoms. The minimum Gasteiger partial charge on any atom is -0.496 e. The van der Waals surface area contributed by atoms with Crippen LogP contribution >= 0.6 is 0 Å². The molecule has 2 fully saturated rings. The summed E-state index contributed by atoms with van der Waals surface area (Å²) in [6.07, 6.45) is 1.88. The SMILES string of the molecule is COc1ccc(CN2C(=O)CC[C@@H]2CO)cc1-c1cccc([N+](=O)[O-])c1.COc1ccc(CN2C(=O)CC[C@@H]2COS(=O)(=O)c2ccc(C)cc2)cc1-c1cccc([N+](=O)[O-])c1. The van der Waals surface area contributed by atoms with Crippen molar-refractivity contribution in [2.45, 2.75) is 62.7 Å². The monoisotopic (exact) mass is 866 g/mol. The van der Waals surface area contributed by atoms with Crippen molar-refractivity contribution >= 4 is 33.3 Å². The Bertz CT molecular complexity index is 2570. The molecule has 0 radical (unpaired) electrons. The maximum absolute atomic E-state index is 12.6. The second-order valence-electron chi connectivity index (χ2n) is 14.8. The van der Waals surface area contributed by atoms with E-state index in [1.54, 1.807) is 65.4 Å². The predicted molar refractivity (Wildman–Crippen MR) is 229 cm³/mol. The normalized spacial score (nSPS) is 16.2. The van der Waals surface area contributed by atoms with Crippen molar-refractivity contribution in [1.29, 1.82) is 0 Å². The van der Waals surface area contributed by atoms with E-state index >= 15 is 0 Å². The quantitative estimate of drug-likeness (QED) is 0.0628. The third-order valence-electron chi connectivity index (χ3n) is 10.8. The van der Waals surface area contributed by atoms with E-state index < -0.39 is 26.0 Å². The van der Waals surface area contributed by atoms with Crippen molar-refractivity contribution in [3.63, 3.8) is 0 Å². The molecule has 17 heteroatoms. The number of benzene rings is 5. The largest absolute Gasteiger partial charge is 0.496 e. The number of carbonyl (C=O) groups excluding carboxylic acids is 2. The number of nitro groups is 2. The first kappa shape index (κ1) is 44.9. The molecule has 62 heavy (non-hydrogen) atoms. The van der Waals surface area contributed by atoms with Gasteiger partial charge < -0.3 is 24.4 Å². The van der Waals surface area contributed by atoms with E-state index in [1.165, 1.54) is 43.5 Å². The van der Waals surface area contributed by atoms with Gasteiger partial charge in [-0.1, -0.05) is 54.1 Å². The standard InChI is InChI=1S/C26H26N2O7S.C19H20N2O5/c1-18-6-10-23(11-7-18)36(32,33)35-17-22-9-13-26(29)27(22)16-19-8-12-25(34-2)24(14-19)20-4-3-5-21(15-20)28(30)31;1-26-18-7-5-13(11-20-16(12-22)6-8-19(20)23)9-17(18)14-3-2-4-15(10-14)21(24)25/h3-8,10-12,14-15,22H,9,13,16-17H2,1-2H3;2-5,7,9-10,16,22H,6,8,11-12H2,1H3/t22-;16-/m11/s1. The number of aryl methyl sites for hydroxylation is 1. The fraction of sp³-hybridized carbons (Fsp3) is 0.289. The van der Waals surface area contributed by atoms with Crippen LogP contribution in [0.1, 0.15) is 42.4 Å². The van der Waals surface area contributed by atoms with Gasteiger partial charge in [-0.25, -0.2) is 0 Å². The van der Waals surface area contributed by atoms with E-state index in [0.717, 1.165) is 22.3 Å². The maximum atomic E-state index is 12.6. The summed E-state index contributed by atoms with van der Waals surface area (Å²) in [6.45, 7) is 2.29. The highest BCUT2D eigenvalue weighted by Crippen LogP contribution is 2.36. The molecule has 5 aromatic carbocycles. The number of amides is 2. The molecule has 7 rings (SSSR count). The molecule has 16 nitrogen and oxygen atoms in total. The summed E-state index contributed by atoms with van der Waals surface area (Å²) in [5.74, 6) is 1.07. The first-order valence-electron chi connectivity index (χ1n) is 19.7. The molecular weight excluding hydrogens is 821 g/mol. The van der Waals surface area contributed by atoms with Crippen LogP contribution < -0.4 is 9.47 Å². The van der Waals surface area contributed by atoms with Crippen molar-refractivity contribution in [3.05, 3.63) is 146 Å². The van der Waals surface area contributed by atoms with E-state index in [9.17, 15) is 43.3 Å². The molecule has 2 atom stereocenters. The first-order chi connectivity index (χ1) is 29.7. The van der Waals surface area contributed by atoms with E-state index in [4.69, 9.17) is 13.7 Å². The highest BCUT2D eigenvalue weighted by Gasteiger charge is 2.33. The van der Waals surface area contributed by atoms with Gasteiger partial charge in [-0.05, 0) is 78.4 Å². The van der Waals surface area contributed by atoms with Gasteiger partial charge in [0.05, 0.1) is 54.3 Å². The number of carbonyl (C=O) groups is 2. The molecule has 324 valence electrons. The maximum Gasteiger partial charge on any atom is 0.297 e. The van der Waals surface area contributed by atoms with Crippen molar-refractivity contribution in [1.82, 2.24) is 9.80 Å². The molecule has 1 N–H and O–H groups in total. The van der Waals surface area contributed by atoms with Crippen LogP contribution in [0.4, 0.5) is 11.4 Å². The van der Waals surface area contributed by atoms with Gasteiger partial charge in [0.25, 0.3) is 21.5 Å². The number of methoxy groups -OCH3 is 2. The summed E-state index contributed by atoms with van der Waals surface area (Å²) in [6, 6.07) is 29.3. The Balaban J connectivity index is 0.000000218. The molecule has 0 aliphatic carbocycles. The van der Waals surface area contributed by atoms with E-state index in [2.05, 4.69) is 0 Å². The lowest BCUT2D eigenvalue weighted by Gasteiger charge is -2.25. The number of nitrogens with zero attached hydrogens (tertiary/aromatic N) is 4. The van der Waals surface area contributed by atoms with Gasteiger partial charge in [0.2, 0.25) is 11.8 Å². The Hall–Kier alpha value is -6.69. The third-order valence-corrected chi connectivity index (χ3v) is 12.1. The second-order valence-corrected chi connectivity index (χ2v) is 16.5. The number of likely N-dealkylation sites (tertiary alicyclic amines) is 2. The number of nitro benzene ring substituents is 2. The summed E-state index contributed by atoms with van der Waals surface area (Å²) in [5.41, 5.74) is 5.21. The number of aliphatic hydroxyl groups is 1. The van der Waals surface area contributed by atoms with Crippen LogP contribution in [-0.4, -0.2) is 84.5 Å². The van der Waals surface area contributed by atoms with Crippen LogP contribution in [0.25, 0.3) is 22.3 Å². The molecule has 0 aromatic heterocycles. The van der Waals surface area contributed by atoms with Gasteiger partial charge in [-0.15, -0.1) is 0 Å². The average Bonchev–Trinajstić information content (AvgIpc) is 3.82. The average molecular weight is 867 g/mol. The second kappa shape index (κ2) is 19.8. The zero-order valence-electron chi connectivity index (χ0n) is 34.3. The number of hydrogen-bond acceptors (Lipinski definition) is 12. The molecule has 2 aliphatic rings. The number of aliphatic hydroxyl groups excluding tert-OH is 1. The zero-order chi connectivity index (χ0) is 44.6. The Morgan fingerprint density at radius 2 is 1.15 bits per heavy atom. The van der Waals surface area contributed by atoms with Crippen LogP contribution in [0, 0.1) is 27.2 Å². The highest BCUT2D eigenvalue weighted by atomic mass is 32.2. The van der Waals surface area contributed by atoms with E-state index in [-0.39, 0.29) is 53.9 Å². The van der Waals surface area contributed by atoms with E-state index in [1.807, 2.05) is 31.2 Å². The smallest absolute Gasteiger partial charge is 0.297 e. The fourth-order valence-electron chi connectivity index (χ4n) is 7.45. The van der Waals surface area contributed by atoms with Gasteiger partial charge >= 0.3 is 0 Å². The van der Waals surface area contributed by atoms with Gasteiger partial charge in [0.1, 0.15) is 11.5 Å². The van der Waals surface area contributed by atoms with E-state index in [0.29, 0.717) is 60.4 Å². The van der Waals surface area contributed by atoms with Crippen LogP contribution in [0.5, 0.6) is 11.5 Å². The molecule has 2 amide bonds. The Morgan fingerprint density at radius 1 is 0.677 bits per heavy atom. The Kier molecular flexibility index (Phi) is 14.3. The lowest BCUT2D eigenvalue weighted by Crippen LogP contribution is -2.36. The minimum absolute atomic E-state index is 0.00465. The Labute approximate surface area is 358 Å².